The van der Waals surface area contributed by atoms with Gasteiger partial charge in [0.2, 0.25) is 0 Å². The van der Waals surface area contributed by atoms with Crippen molar-refractivity contribution in [2.45, 2.75) is 78.1 Å². The van der Waals surface area contributed by atoms with Gasteiger partial charge in [0.15, 0.2) is 0 Å². The molecule has 0 fully saturated rings. The van der Waals surface area contributed by atoms with Crippen LogP contribution in [0.3, 0.4) is 0 Å². The zero-order valence-electron chi connectivity index (χ0n) is 23.8. The van der Waals surface area contributed by atoms with Gasteiger partial charge in [-0.3, -0.25) is 4.99 Å². The van der Waals surface area contributed by atoms with E-state index < -0.39 is 0 Å². The molecular weight excluding hydrogens is 452 g/mol. The maximum absolute atomic E-state index is 11.2. The summed E-state index contributed by atoms with van der Waals surface area (Å²) in [6.45, 7) is 13.7. The molecule has 0 unspecified atom stereocenters. The second-order valence-corrected chi connectivity index (χ2v) is 11.2. The summed E-state index contributed by atoms with van der Waals surface area (Å²) in [6, 6.07) is 17.2. The molecule has 0 saturated heterocycles. The van der Waals surface area contributed by atoms with E-state index in [1.807, 2.05) is 0 Å². The van der Waals surface area contributed by atoms with E-state index in [0.717, 1.165) is 31.5 Å². The molecular formula is C34H44N2O. The lowest BCUT2D eigenvalue weighted by Crippen LogP contribution is -2.29. The van der Waals surface area contributed by atoms with E-state index >= 15 is 0 Å². The van der Waals surface area contributed by atoms with Crippen LogP contribution in [0.4, 0.5) is 5.69 Å². The van der Waals surface area contributed by atoms with E-state index in [1.165, 1.54) is 28.1 Å². The van der Waals surface area contributed by atoms with Gasteiger partial charge in [-0.05, 0) is 61.6 Å². The Balaban J connectivity index is 1.78. The summed E-state index contributed by atoms with van der Waals surface area (Å²) in [5.74, 6) is 0.269. The first kappa shape index (κ1) is 28.4. The van der Waals surface area contributed by atoms with Crippen molar-refractivity contribution in [2.75, 3.05) is 18.5 Å². The predicted molar refractivity (Wildman–Crippen MR) is 160 cm³/mol. The third-order valence-corrected chi connectivity index (χ3v) is 7.60. The van der Waals surface area contributed by atoms with Crippen molar-refractivity contribution in [3.05, 3.63) is 101 Å². The number of para-hydroxylation sites is 1. The van der Waals surface area contributed by atoms with Crippen molar-refractivity contribution in [1.29, 1.82) is 0 Å². The number of benzene rings is 2. The van der Waals surface area contributed by atoms with E-state index in [2.05, 4.69) is 125 Å². The molecule has 0 atom stereocenters. The standard InChI is InChI=1S/C34H44N2O/c1-26-18-13-14-20-28(26)33(3,4)31(35-25-17-9-10-19-27(2)37)23-11-8-12-24-32-34(5,6)29-21-15-16-22-30(29)36(32)7/h8,11-16,18,20-24H,9-10,17,19,25H2,1-7H3/b12-8+,23-11+,32-24+,35-31+. The zero-order chi connectivity index (χ0) is 27.1. The summed E-state index contributed by atoms with van der Waals surface area (Å²) < 4.78 is 0. The van der Waals surface area contributed by atoms with Crippen LogP contribution >= 0.6 is 0 Å². The van der Waals surface area contributed by atoms with Crippen LogP contribution in [0, 0.1) is 6.92 Å². The van der Waals surface area contributed by atoms with Gasteiger partial charge in [-0.15, -0.1) is 0 Å². The number of ketones is 1. The van der Waals surface area contributed by atoms with Gasteiger partial charge in [0, 0.05) is 47.9 Å². The van der Waals surface area contributed by atoms with Gasteiger partial charge in [0.05, 0.1) is 0 Å². The Labute approximate surface area is 224 Å². The van der Waals surface area contributed by atoms with Crippen molar-refractivity contribution in [1.82, 2.24) is 0 Å². The lowest BCUT2D eigenvalue weighted by Gasteiger charge is -2.28. The van der Waals surface area contributed by atoms with E-state index in [-0.39, 0.29) is 16.6 Å². The van der Waals surface area contributed by atoms with Crippen molar-refractivity contribution in [2.24, 2.45) is 4.99 Å². The van der Waals surface area contributed by atoms with Crippen molar-refractivity contribution in [3.63, 3.8) is 0 Å². The third-order valence-electron chi connectivity index (χ3n) is 7.60. The molecule has 3 rings (SSSR count). The van der Waals surface area contributed by atoms with E-state index in [0.29, 0.717) is 6.42 Å². The van der Waals surface area contributed by atoms with Gasteiger partial charge in [-0.1, -0.05) is 94.8 Å². The number of likely N-dealkylation sites (N-methyl/N-ethyl adjacent to an activating group) is 1. The number of nitrogens with zero attached hydrogens (tertiary/aromatic N) is 2. The van der Waals surface area contributed by atoms with Gasteiger partial charge < -0.3 is 9.69 Å². The second-order valence-electron chi connectivity index (χ2n) is 11.2. The first-order valence-corrected chi connectivity index (χ1v) is 13.6. The monoisotopic (exact) mass is 496 g/mol. The van der Waals surface area contributed by atoms with Crippen LogP contribution < -0.4 is 4.90 Å². The highest BCUT2D eigenvalue weighted by molar-refractivity contribution is 6.03. The number of Topliss-reactive ketones (excluding diaryl/α,β-unsaturated/α-hetero) is 1. The number of fused-ring (bicyclic) bond motifs is 1. The van der Waals surface area contributed by atoms with Crippen molar-refractivity contribution in [3.8, 4) is 0 Å². The SMILES string of the molecule is CC(=O)CCCCC\N=C(/C=C/C=C/C=C1/N(C)c2ccccc2C1(C)C)C(C)(C)c1ccccc1C. The predicted octanol–water partition coefficient (Wildman–Crippen LogP) is 8.29. The summed E-state index contributed by atoms with van der Waals surface area (Å²) >= 11 is 0. The summed E-state index contributed by atoms with van der Waals surface area (Å²) in [6.07, 6.45) is 14.4. The number of hydrogen-bond donors (Lipinski definition) is 0. The lowest BCUT2D eigenvalue weighted by molar-refractivity contribution is -0.117. The summed E-state index contributed by atoms with van der Waals surface area (Å²) in [4.78, 5) is 18.6. The summed E-state index contributed by atoms with van der Waals surface area (Å²) in [5, 5.41) is 0. The fourth-order valence-electron chi connectivity index (χ4n) is 5.39. The fraction of sp³-hybridized carbons (Fsp3) is 0.412. The summed E-state index contributed by atoms with van der Waals surface area (Å²) in [7, 11) is 2.15. The number of carbonyl (C=O) groups is 1. The molecule has 196 valence electrons. The minimum atomic E-state index is -0.206. The number of anilines is 1. The summed E-state index contributed by atoms with van der Waals surface area (Å²) in [5.41, 5.74) is 7.36. The van der Waals surface area contributed by atoms with Gasteiger partial charge >= 0.3 is 0 Å². The van der Waals surface area contributed by atoms with E-state index in [4.69, 9.17) is 4.99 Å². The molecule has 3 heteroatoms. The zero-order valence-corrected chi connectivity index (χ0v) is 23.8. The van der Waals surface area contributed by atoms with Crippen LogP contribution in [0.2, 0.25) is 0 Å². The molecule has 1 heterocycles. The first-order valence-electron chi connectivity index (χ1n) is 13.6. The van der Waals surface area contributed by atoms with E-state index in [9.17, 15) is 4.79 Å². The molecule has 37 heavy (non-hydrogen) atoms. The smallest absolute Gasteiger partial charge is 0.129 e. The Morgan fingerprint density at radius 3 is 2.38 bits per heavy atom. The number of unbranched alkanes of at least 4 members (excludes halogenated alkanes) is 2. The van der Waals surface area contributed by atoms with E-state index in [1.54, 1.807) is 6.92 Å². The highest BCUT2D eigenvalue weighted by atomic mass is 16.1. The number of rotatable bonds is 11. The largest absolute Gasteiger partial charge is 0.347 e. The molecule has 1 aliphatic rings. The number of aryl methyl sites for hydroxylation is 1. The van der Waals surface area contributed by atoms with Gasteiger partial charge in [0.25, 0.3) is 0 Å². The maximum Gasteiger partial charge on any atom is 0.129 e. The molecule has 2 aromatic carbocycles. The Morgan fingerprint density at radius 2 is 1.68 bits per heavy atom. The topological polar surface area (TPSA) is 32.7 Å². The Hall–Kier alpha value is -3.20. The molecule has 0 aliphatic carbocycles. The molecule has 1 aliphatic heterocycles. The maximum atomic E-state index is 11.2. The lowest BCUT2D eigenvalue weighted by atomic mass is 9.77. The normalized spacial score (nSPS) is 16.8. The minimum absolute atomic E-state index is 0.0266. The molecule has 0 saturated carbocycles. The Morgan fingerprint density at radius 1 is 0.973 bits per heavy atom. The highest BCUT2D eigenvalue weighted by Crippen LogP contribution is 2.46. The number of carbonyl (C=O) groups excluding carboxylic acids is 1. The molecule has 0 spiro atoms. The average Bonchev–Trinajstić information content (AvgIpc) is 3.04. The number of aliphatic imine (C=N–C) groups is 1. The number of allylic oxidation sites excluding steroid dienone is 6. The van der Waals surface area contributed by atoms with Crippen LogP contribution in [0.5, 0.6) is 0 Å². The van der Waals surface area contributed by atoms with Crippen molar-refractivity contribution < 1.29 is 4.79 Å². The fourth-order valence-corrected chi connectivity index (χ4v) is 5.39. The molecule has 0 N–H and O–H groups in total. The molecule has 0 bridgehead atoms. The average molecular weight is 497 g/mol. The molecule has 0 aromatic heterocycles. The number of hydrogen-bond acceptors (Lipinski definition) is 3. The van der Waals surface area contributed by atoms with Gasteiger partial charge in [0.1, 0.15) is 5.78 Å². The van der Waals surface area contributed by atoms with Crippen LogP contribution in [-0.4, -0.2) is 25.1 Å². The van der Waals surface area contributed by atoms with Gasteiger partial charge in [-0.25, -0.2) is 0 Å². The highest BCUT2D eigenvalue weighted by Gasteiger charge is 2.37. The second kappa shape index (κ2) is 12.4. The minimum Gasteiger partial charge on any atom is -0.347 e. The van der Waals surface area contributed by atoms with Crippen LogP contribution in [0.25, 0.3) is 0 Å². The Kier molecular flexibility index (Phi) is 9.48. The third kappa shape index (κ3) is 6.77. The van der Waals surface area contributed by atoms with Crippen LogP contribution in [-0.2, 0) is 15.6 Å². The Bertz CT molecular complexity index is 1210. The molecule has 0 amide bonds. The van der Waals surface area contributed by atoms with Gasteiger partial charge in [-0.2, -0.15) is 0 Å². The van der Waals surface area contributed by atoms with Crippen LogP contribution in [0.1, 0.15) is 77.0 Å². The van der Waals surface area contributed by atoms with Crippen LogP contribution in [0.15, 0.2) is 89.6 Å². The molecule has 3 nitrogen and oxygen atoms in total. The quantitative estimate of drug-likeness (QED) is 0.178. The van der Waals surface area contributed by atoms with Crippen molar-refractivity contribution >= 4 is 17.2 Å². The first-order chi connectivity index (χ1) is 17.6. The molecule has 0 radical (unpaired) electrons. The molecule has 2 aromatic rings.